The van der Waals surface area contributed by atoms with Gasteiger partial charge in [0, 0.05) is 6.04 Å². The molecule has 3 N–H and O–H groups in total. The van der Waals surface area contributed by atoms with Crippen LogP contribution in [0.2, 0.25) is 0 Å². The van der Waals surface area contributed by atoms with Gasteiger partial charge in [-0.05, 0) is 30.9 Å². The SMILES string of the molecule is CC(C)[C@H](NS(=O)(=O)c1ccccc1F)C(=O)NCC(=O)NC1CCCCC1. The number of hydrogen-bond acceptors (Lipinski definition) is 4. The van der Waals surface area contributed by atoms with Crippen molar-refractivity contribution in [2.45, 2.75) is 62.9 Å². The first-order valence-corrected chi connectivity index (χ1v) is 11.0. The number of carbonyl (C=O) groups excluding carboxylic acids is 2. The minimum Gasteiger partial charge on any atom is -0.352 e. The van der Waals surface area contributed by atoms with Gasteiger partial charge in [0.2, 0.25) is 21.8 Å². The fourth-order valence-corrected chi connectivity index (χ4v) is 4.61. The molecule has 0 spiro atoms. The summed E-state index contributed by atoms with van der Waals surface area (Å²) >= 11 is 0. The number of nitrogens with one attached hydrogen (secondary N) is 3. The highest BCUT2D eigenvalue weighted by Crippen LogP contribution is 2.17. The van der Waals surface area contributed by atoms with Gasteiger partial charge in [-0.15, -0.1) is 0 Å². The molecule has 9 heteroatoms. The van der Waals surface area contributed by atoms with E-state index in [4.69, 9.17) is 0 Å². The van der Waals surface area contributed by atoms with E-state index in [2.05, 4.69) is 15.4 Å². The van der Waals surface area contributed by atoms with Crippen molar-refractivity contribution in [1.29, 1.82) is 0 Å². The Labute approximate surface area is 165 Å². The second-order valence-electron chi connectivity index (χ2n) is 7.39. The normalized spacial score (nSPS) is 16.6. The Bertz CT molecular complexity index is 792. The van der Waals surface area contributed by atoms with Gasteiger partial charge in [0.15, 0.2) is 0 Å². The first-order chi connectivity index (χ1) is 13.2. The Kier molecular flexibility index (Phi) is 7.94. The molecule has 0 heterocycles. The van der Waals surface area contributed by atoms with Crippen molar-refractivity contribution in [3.63, 3.8) is 0 Å². The standard InChI is InChI=1S/C19H28FN3O4S/c1-13(2)18(23-28(26,27)16-11-7-6-10-15(16)20)19(25)21-12-17(24)22-14-8-4-3-5-9-14/h6-7,10-11,13-14,18,23H,3-5,8-9,12H2,1-2H3,(H,21,25)(H,22,24)/t18-/m0/s1. The van der Waals surface area contributed by atoms with Crippen molar-refractivity contribution in [3.05, 3.63) is 30.1 Å². The molecule has 1 saturated carbocycles. The van der Waals surface area contributed by atoms with Crippen LogP contribution < -0.4 is 15.4 Å². The van der Waals surface area contributed by atoms with E-state index < -0.39 is 38.6 Å². The first kappa shape index (κ1) is 22.3. The summed E-state index contributed by atoms with van der Waals surface area (Å²) in [6, 6.07) is 3.94. The number of carbonyl (C=O) groups is 2. The van der Waals surface area contributed by atoms with Gasteiger partial charge in [0.1, 0.15) is 16.8 Å². The number of hydrogen-bond donors (Lipinski definition) is 3. The number of rotatable bonds is 8. The van der Waals surface area contributed by atoms with Gasteiger partial charge in [0.25, 0.3) is 0 Å². The van der Waals surface area contributed by atoms with Crippen molar-refractivity contribution in [2.24, 2.45) is 5.92 Å². The van der Waals surface area contributed by atoms with Gasteiger partial charge in [-0.3, -0.25) is 9.59 Å². The maximum absolute atomic E-state index is 13.8. The van der Waals surface area contributed by atoms with Crippen LogP contribution >= 0.6 is 0 Å². The molecular weight excluding hydrogens is 385 g/mol. The molecule has 0 unspecified atom stereocenters. The molecule has 156 valence electrons. The van der Waals surface area contributed by atoms with Gasteiger partial charge in [0.05, 0.1) is 6.54 Å². The van der Waals surface area contributed by atoms with Gasteiger partial charge < -0.3 is 10.6 Å². The van der Waals surface area contributed by atoms with Gasteiger partial charge in [-0.25, -0.2) is 12.8 Å². The molecule has 1 aromatic carbocycles. The van der Waals surface area contributed by atoms with E-state index in [1.54, 1.807) is 13.8 Å². The molecule has 2 rings (SSSR count). The molecule has 0 aromatic heterocycles. The number of halogens is 1. The predicted octanol–water partition coefficient (Wildman–Crippen LogP) is 1.69. The van der Waals surface area contributed by atoms with E-state index in [0.29, 0.717) is 0 Å². The lowest BCUT2D eigenvalue weighted by atomic mass is 9.95. The lowest BCUT2D eigenvalue weighted by Gasteiger charge is -2.24. The van der Waals surface area contributed by atoms with E-state index in [1.165, 1.54) is 18.6 Å². The number of benzene rings is 1. The summed E-state index contributed by atoms with van der Waals surface area (Å²) < 4.78 is 41.0. The average molecular weight is 414 g/mol. The van der Waals surface area contributed by atoms with E-state index >= 15 is 0 Å². The Balaban J connectivity index is 1.96. The van der Waals surface area contributed by atoms with E-state index in [-0.39, 0.29) is 18.5 Å². The molecule has 1 aliphatic rings. The van der Waals surface area contributed by atoms with Crippen molar-refractivity contribution < 1.29 is 22.4 Å². The molecule has 1 aromatic rings. The van der Waals surface area contributed by atoms with Gasteiger partial charge in [-0.2, -0.15) is 4.72 Å². The van der Waals surface area contributed by atoms with Crippen LogP contribution in [0, 0.1) is 11.7 Å². The van der Waals surface area contributed by atoms with Crippen molar-refractivity contribution >= 4 is 21.8 Å². The fraction of sp³-hybridized carbons (Fsp3) is 0.579. The summed E-state index contributed by atoms with van der Waals surface area (Å²) in [6.07, 6.45) is 5.17. The zero-order chi connectivity index (χ0) is 20.7. The van der Waals surface area contributed by atoms with Gasteiger partial charge in [-0.1, -0.05) is 45.2 Å². The lowest BCUT2D eigenvalue weighted by molar-refractivity contribution is -0.128. The molecule has 1 aliphatic carbocycles. The summed E-state index contributed by atoms with van der Waals surface area (Å²) in [7, 11) is -4.23. The van der Waals surface area contributed by atoms with Crippen LogP contribution in [0.3, 0.4) is 0 Å². The number of sulfonamides is 1. The summed E-state index contributed by atoms with van der Waals surface area (Å²) in [5.74, 6) is -2.24. The van der Waals surface area contributed by atoms with Gasteiger partial charge >= 0.3 is 0 Å². The van der Waals surface area contributed by atoms with E-state index in [1.807, 2.05) is 0 Å². The maximum atomic E-state index is 13.8. The van der Waals surface area contributed by atoms with Crippen LogP contribution in [0.25, 0.3) is 0 Å². The zero-order valence-electron chi connectivity index (χ0n) is 16.2. The Morgan fingerprint density at radius 3 is 2.39 bits per heavy atom. The monoisotopic (exact) mass is 413 g/mol. The van der Waals surface area contributed by atoms with Crippen molar-refractivity contribution in [2.75, 3.05) is 6.54 Å². The minimum absolute atomic E-state index is 0.124. The molecule has 0 radical (unpaired) electrons. The van der Waals surface area contributed by atoms with Crippen LogP contribution in [0.5, 0.6) is 0 Å². The van der Waals surface area contributed by atoms with Crippen LogP contribution in [0.4, 0.5) is 4.39 Å². The first-order valence-electron chi connectivity index (χ1n) is 9.54. The van der Waals surface area contributed by atoms with E-state index in [9.17, 15) is 22.4 Å². The molecule has 0 bridgehead atoms. The van der Waals surface area contributed by atoms with Crippen LogP contribution in [0.1, 0.15) is 46.0 Å². The second-order valence-corrected chi connectivity index (χ2v) is 9.08. The summed E-state index contributed by atoms with van der Waals surface area (Å²) in [6.45, 7) is 3.09. The zero-order valence-corrected chi connectivity index (χ0v) is 17.0. The molecule has 0 aliphatic heterocycles. The second kappa shape index (κ2) is 9.97. The van der Waals surface area contributed by atoms with Crippen molar-refractivity contribution in [3.8, 4) is 0 Å². The third-order valence-corrected chi connectivity index (χ3v) is 6.23. The number of amides is 2. The molecule has 1 fully saturated rings. The smallest absolute Gasteiger partial charge is 0.244 e. The Morgan fingerprint density at radius 1 is 1.14 bits per heavy atom. The maximum Gasteiger partial charge on any atom is 0.244 e. The van der Waals surface area contributed by atoms with Crippen LogP contribution in [-0.4, -0.2) is 38.9 Å². The highest BCUT2D eigenvalue weighted by Gasteiger charge is 2.30. The van der Waals surface area contributed by atoms with Crippen molar-refractivity contribution in [1.82, 2.24) is 15.4 Å². The molecule has 2 amide bonds. The molecule has 7 nitrogen and oxygen atoms in total. The third kappa shape index (κ3) is 6.27. The highest BCUT2D eigenvalue weighted by atomic mass is 32.2. The lowest BCUT2D eigenvalue weighted by Crippen LogP contribution is -2.52. The minimum atomic E-state index is -4.23. The van der Waals surface area contributed by atoms with E-state index in [0.717, 1.165) is 37.8 Å². The molecule has 28 heavy (non-hydrogen) atoms. The molecular formula is C19H28FN3O4S. The topological polar surface area (TPSA) is 104 Å². The third-order valence-electron chi connectivity index (χ3n) is 4.75. The summed E-state index contributed by atoms with van der Waals surface area (Å²) in [5.41, 5.74) is 0. The quantitative estimate of drug-likeness (QED) is 0.603. The highest BCUT2D eigenvalue weighted by molar-refractivity contribution is 7.89. The Hall–Kier alpha value is -2.00. The largest absolute Gasteiger partial charge is 0.352 e. The Morgan fingerprint density at radius 2 is 1.79 bits per heavy atom. The fourth-order valence-electron chi connectivity index (χ4n) is 3.19. The molecule has 0 saturated heterocycles. The van der Waals surface area contributed by atoms with Crippen LogP contribution in [-0.2, 0) is 19.6 Å². The average Bonchev–Trinajstić information content (AvgIpc) is 2.65. The molecule has 1 atom stereocenters. The van der Waals surface area contributed by atoms with Crippen LogP contribution in [0.15, 0.2) is 29.2 Å². The summed E-state index contributed by atoms with van der Waals surface area (Å²) in [4.78, 5) is 24.0. The predicted molar refractivity (Wildman–Crippen MR) is 103 cm³/mol. The summed E-state index contributed by atoms with van der Waals surface area (Å²) in [5, 5.41) is 5.35.